The van der Waals surface area contributed by atoms with Crippen molar-refractivity contribution in [3.8, 4) is 11.5 Å². The lowest BCUT2D eigenvalue weighted by Gasteiger charge is -2.13. The molecule has 19 heavy (non-hydrogen) atoms. The predicted octanol–water partition coefficient (Wildman–Crippen LogP) is 1.55. The summed E-state index contributed by atoms with van der Waals surface area (Å²) in [6.45, 7) is 2.20. The molecule has 0 spiro atoms. The number of hydrogen-bond donors (Lipinski definition) is 1. The molecule has 0 saturated heterocycles. The Morgan fingerprint density at radius 3 is 2.89 bits per heavy atom. The molecule has 2 aromatic rings. The molecule has 0 radical (unpaired) electrons. The van der Waals surface area contributed by atoms with Crippen LogP contribution in [-0.2, 0) is 13.0 Å². The van der Waals surface area contributed by atoms with Crippen molar-refractivity contribution >= 4 is 0 Å². The first-order valence-corrected chi connectivity index (χ1v) is 5.99. The lowest BCUT2D eigenvalue weighted by Crippen LogP contribution is -2.18. The van der Waals surface area contributed by atoms with Crippen LogP contribution >= 0.6 is 0 Å². The highest BCUT2D eigenvalue weighted by Crippen LogP contribution is 2.26. The Hall–Kier alpha value is -2.08. The van der Waals surface area contributed by atoms with Gasteiger partial charge in [0, 0.05) is 12.1 Å². The van der Waals surface area contributed by atoms with Gasteiger partial charge in [0.15, 0.2) is 6.61 Å². The molecule has 0 saturated carbocycles. The topological polar surface area (TPSA) is 83.4 Å². The predicted molar refractivity (Wildman–Crippen MR) is 69.0 cm³/mol. The number of nitrogens with two attached hydrogens (primary N) is 1. The molecule has 2 N–H and O–H groups in total. The van der Waals surface area contributed by atoms with Crippen LogP contribution in [0.15, 0.2) is 29.1 Å². The molecule has 0 aliphatic heterocycles. The maximum Gasteiger partial charge on any atom is 0.213 e. The fraction of sp³-hybridized carbons (Fsp3) is 0.385. The molecule has 1 heterocycles. The van der Waals surface area contributed by atoms with E-state index in [4.69, 9.17) is 15.2 Å². The summed E-state index contributed by atoms with van der Waals surface area (Å²) in [6, 6.07) is 5.73. The third-order valence-corrected chi connectivity index (χ3v) is 2.58. The summed E-state index contributed by atoms with van der Waals surface area (Å²) in [7, 11) is 1.61. The normalized spacial score (nSPS) is 12.2. The van der Waals surface area contributed by atoms with Gasteiger partial charge in [-0.3, -0.25) is 0 Å². The minimum absolute atomic E-state index is 0.0564. The molecular weight excluding hydrogens is 246 g/mol. The second kappa shape index (κ2) is 6.19. The fourth-order valence-electron chi connectivity index (χ4n) is 1.71. The van der Waals surface area contributed by atoms with Crippen LogP contribution < -0.4 is 15.2 Å². The molecule has 1 unspecified atom stereocenters. The van der Waals surface area contributed by atoms with Gasteiger partial charge < -0.3 is 19.7 Å². The van der Waals surface area contributed by atoms with E-state index in [2.05, 4.69) is 14.7 Å². The lowest BCUT2D eigenvalue weighted by atomic mass is 10.1. The second-order valence-corrected chi connectivity index (χ2v) is 4.29. The summed E-state index contributed by atoms with van der Waals surface area (Å²) in [6.07, 6.45) is 2.00. The van der Waals surface area contributed by atoms with Gasteiger partial charge in [-0.15, -0.1) is 0 Å². The van der Waals surface area contributed by atoms with E-state index in [9.17, 15) is 0 Å². The maximum absolute atomic E-state index is 5.83. The highest BCUT2D eigenvalue weighted by atomic mass is 16.5. The summed E-state index contributed by atoms with van der Waals surface area (Å²) in [5.74, 6) is 1.95. The average Bonchev–Trinajstić information content (AvgIpc) is 2.90. The Balaban J connectivity index is 2.14. The van der Waals surface area contributed by atoms with Gasteiger partial charge in [-0.1, -0.05) is 11.2 Å². The second-order valence-electron chi connectivity index (χ2n) is 4.29. The number of ether oxygens (including phenoxy) is 2. The van der Waals surface area contributed by atoms with Crippen LogP contribution in [0, 0.1) is 0 Å². The van der Waals surface area contributed by atoms with Crippen LogP contribution in [0.1, 0.15) is 18.3 Å². The first-order chi connectivity index (χ1) is 9.19. The molecule has 1 atom stereocenters. The molecule has 102 valence electrons. The molecule has 1 aromatic carbocycles. The van der Waals surface area contributed by atoms with E-state index < -0.39 is 0 Å². The average molecular weight is 263 g/mol. The molecule has 6 nitrogen and oxygen atoms in total. The van der Waals surface area contributed by atoms with Gasteiger partial charge in [0.1, 0.15) is 11.5 Å². The van der Waals surface area contributed by atoms with Crippen molar-refractivity contribution in [1.29, 1.82) is 0 Å². The summed E-state index contributed by atoms with van der Waals surface area (Å²) < 4.78 is 15.6. The smallest absolute Gasteiger partial charge is 0.213 e. The summed E-state index contributed by atoms with van der Waals surface area (Å²) in [4.78, 5) is 3.91. The Bertz CT molecular complexity index is 512. The van der Waals surface area contributed by atoms with Gasteiger partial charge in [-0.25, -0.2) is 0 Å². The summed E-state index contributed by atoms with van der Waals surface area (Å²) in [5.41, 5.74) is 6.86. The fourth-order valence-corrected chi connectivity index (χ4v) is 1.71. The van der Waals surface area contributed by atoms with Gasteiger partial charge in [0.05, 0.1) is 7.11 Å². The number of benzene rings is 1. The minimum Gasteiger partial charge on any atom is -0.497 e. The van der Waals surface area contributed by atoms with Crippen molar-refractivity contribution in [3.05, 3.63) is 36.0 Å². The van der Waals surface area contributed by atoms with E-state index >= 15 is 0 Å². The van der Waals surface area contributed by atoms with Gasteiger partial charge in [0.25, 0.3) is 0 Å². The highest BCUT2D eigenvalue weighted by Gasteiger charge is 2.09. The molecule has 6 heteroatoms. The maximum atomic E-state index is 5.83. The van der Waals surface area contributed by atoms with Crippen molar-refractivity contribution in [2.24, 2.45) is 5.73 Å². The summed E-state index contributed by atoms with van der Waals surface area (Å²) in [5, 5.41) is 3.70. The number of hydrogen-bond acceptors (Lipinski definition) is 6. The number of aromatic nitrogens is 2. The van der Waals surface area contributed by atoms with Crippen molar-refractivity contribution < 1.29 is 14.0 Å². The van der Waals surface area contributed by atoms with E-state index in [1.807, 2.05) is 25.1 Å². The van der Waals surface area contributed by atoms with Crippen LogP contribution in [0.25, 0.3) is 0 Å². The van der Waals surface area contributed by atoms with E-state index in [0.29, 0.717) is 5.82 Å². The van der Waals surface area contributed by atoms with E-state index in [1.54, 1.807) is 7.11 Å². The minimum atomic E-state index is 0.0564. The Labute approximate surface area is 111 Å². The Morgan fingerprint density at radius 1 is 1.42 bits per heavy atom. The quantitative estimate of drug-likeness (QED) is 0.851. The van der Waals surface area contributed by atoms with Crippen molar-refractivity contribution in [2.45, 2.75) is 26.0 Å². The van der Waals surface area contributed by atoms with Crippen LogP contribution in [0.2, 0.25) is 0 Å². The first kappa shape index (κ1) is 13.4. The van der Waals surface area contributed by atoms with Crippen molar-refractivity contribution in [1.82, 2.24) is 10.1 Å². The third-order valence-electron chi connectivity index (χ3n) is 2.58. The van der Waals surface area contributed by atoms with Crippen molar-refractivity contribution in [2.75, 3.05) is 7.11 Å². The van der Waals surface area contributed by atoms with Crippen LogP contribution in [-0.4, -0.2) is 23.3 Å². The van der Waals surface area contributed by atoms with E-state index in [0.717, 1.165) is 23.5 Å². The SMILES string of the molecule is COc1ccc(CC(C)N)c(OCc2ncon2)c1. The Morgan fingerprint density at radius 2 is 2.26 bits per heavy atom. The van der Waals surface area contributed by atoms with Crippen LogP contribution in [0.3, 0.4) is 0 Å². The van der Waals surface area contributed by atoms with Gasteiger partial charge in [0.2, 0.25) is 12.2 Å². The molecule has 1 aromatic heterocycles. The number of rotatable bonds is 6. The standard InChI is InChI=1S/C13H17N3O3/c1-9(14)5-10-3-4-11(17-2)6-12(10)18-7-13-15-8-19-16-13/h3-4,6,8-9H,5,7,14H2,1-2H3. The zero-order valence-electron chi connectivity index (χ0n) is 11.0. The van der Waals surface area contributed by atoms with Gasteiger partial charge in [-0.2, -0.15) is 4.98 Å². The van der Waals surface area contributed by atoms with Gasteiger partial charge in [-0.05, 0) is 25.0 Å². The number of methoxy groups -OCH3 is 1. The van der Waals surface area contributed by atoms with Crippen molar-refractivity contribution in [3.63, 3.8) is 0 Å². The zero-order valence-corrected chi connectivity index (χ0v) is 11.0. The van der Waals surface area contributed by atoms with Gasteiger partial charge >= 0.3 is 0 Å². The molecule has 0 aliphatic carbocycles. The molecule has 2 rings (SSSR count). The third kappa shape index (κ3) is 3.69. The summed E-state index contributed by atoms with van der Waals surface area (Å²) >= 11 is 0. The Kier molecular flexibility index (Phi) is 4.35. The molecular formula is C13H17N3O3. The zero-order chi connectivity index (χ0) is 13.7. The molecule has 0 bridgehead atoms. The number of nitrogens with zero attached hydrogens (tertiary/aromatic N) is 2. The lowest BCUT2D eigenvalue weighted by molar-refractivity contribution is 0.281. The highest BCUT2D eigenvalue weighted by molar-refractivity contribution is 5.41. The van der Waals surface area contributed by atoms with E-state index in [1.165, 1.54) is 6.39 Å². The van der Waals surface area contributed by atoms with Crippen LogP contribution in [0.4, 0.5) is 0 Å². The molecule has 0 aliphatic rings. The molecule has 0 fully saturated rings. The first-order valence-electron chi connectivity index (χ1n) is 5.99. The van der Waals surface area contributed by atoms with Crippen LogP contribution in [0.5, 0.6) is 11.5 Å². The monoisotopic (exact) mass is 263 g/mol. The largest absolute Gasteiger partial charge is 0.497 e. The van der Waals surface area contributed by atoms with E-state index in [-0.39, 0.29) is 12.6 Å². The molecule has 0 amide bonds.